The van der Waals surface area contributed by atoms with Gasteiger partial charge in [0.15, 0.2) is 0 Å². The molecule has 27 heavy (non-hydrogen) atoms. The number of ether oxygens (including phenoxy) is 1. The van der Waals surface area contributed by atoms with Gasteiger partial charge in [-0.25, -0.2) is 8.42 Å². The van der Waals surface area contributed by atoms with Gasteiger partial charge < -0.3 is 9.26 Å². The summed E-state index contributed by atoms with van der Waals surface area (Å²) >= 11 is 0. The van der Waals surface area contributed by atoms with Gasteiger partial charge in [-0.15, -0.1) is 0 Å². The van der Waals surface area contributed by atoms with Gasteiger partial charge in [-0.1, -0.05) is 17.3 Å². The largest absolute Gasteiger partial charge is 0.489 e. The lowest BCUT2D eigenvalue weighted by Gasteiger charge is -2.12. The molecule has 0 spiro atoms. The molecule has 0 amide bonds. The lowest BCUT2D eigenvalue weighted by atomic mass is 10.1. The third-order valence-electron chi connectivity index (χ3n) is 4.55. The fourth-order valence-corrected chi connectivity index (χ4v) is 3.77. The molecule has 0 aliphatic rings. The summed E-state index contributed by atoms with van der Waals surface area (Å²) in [4.78, 5) is 0.174. The molecule has 0 saturated carbocycles. The number of aromatic nitrogens is 1. The molecule has 0 radical (unpaired) electrons. The SMILES string of the molecule is Cc1cccc(NS(=O)(=O)c2ccc(OCc3c(C)noc3C)cc2)c1C. The Morgan fingerprint density at radius 3 is 2.37 bits per heavy atom. The predicted octanol–water partition coefficient (Wildman–Crippen LogP) is 4.29. The summed E-state index contributed by atoms with van der Waals surface area (Å²) in [5, 5.41) is 3.89. The van der Waals surface area contributed by atoms with Crippen molar-refractivity contribution in [3.8, 4) is 5.75 Å². The molecule has 1 aromatic heterocycles. The zero-order chi connectivity index (χ0) is 19.6. The molecule has 0 fully saturated rings. The van der Waals surface area contributed by atoms with Crippen LogP contribution in [0.4, 0.5) is 5.69 Å². The van der Waals surface area contributed by atoms with Gasteiger partial charge >= 0.3 is 0 Å². The number of nitrogens with zero attached hydrogens (tertiary/aromatic N) is 1. The first kappa shape index (κ1) is 19.0. The molecule has 0 atom stereocenters. The van der Waals surface area contributed by atoms with Crippen LogP contribution in [0.15, 0.2) is 51.9 Å². The number of sulfonamides is 1. The number of nitrogens with one attached hydrogen (secondary N) is 1. The summed E-state index contributed by atoms with van der Waals surface area (Å²) in [7, 11) is -3.67. The molecule has 7 heteroatoms. The van der Waals surface area contributed by atoms with Crippen molar-refractivity contribution in [3.05, 3.63) is 70.6 Å². The fourth-order valence-electron chi connectivity index (χ4n) is 2.64. The number of aryl methyl sites for hydroxylation is 3. The minimum Gasteiger partial charge on any atom is -0.489 e. The summed E-state index contributed by atoms with van der Waals surface area (Å²) in [5.74, 6) is 1.28. The van der Waals surface area contributed by atoms with E-state index in [-0.39, 0.29) is 4.90 Å². The van der Waals surface area contributed by atoms with E-state index < -0.39 is 10.0 Å². The van der Waals surface area contributed by atoms with Crippen molar-refractivity contribution >= 4 is 15.7 Å². The van der Waals surface area contributed by atoms with Gasteiger partial charge in [0.1, 0.15) is 18.1 Å². The molecular formula is C20H22N2O4S. The molecular weight excluding hydrogens is 364 g/mol. The molecule has 0 aliphatic carbocycles. The monoisotopic (exact) mass is 386 g/mol. The highest BCUT2D eigenvalue weighted by Gasteiger charge is 2.16. The topological polar surface area (TPSA) is 81.4 Å². The normalized spacial score (nSPS) is 11.4. The maximum absolute atomic E-state index is 12.6. The first-order valence-electron chi connectivity index (χ1n) is 8.51. The van der Waals surface area contributed by atoms with Crippen molar-refractivity contribution in [1.82, 2.24) is 5.16 Å². The summed E-state index contributed by atoms with van der Waals surface area (Å²) in [6.45, 7) is 7.82. The Bertz CT molecular complexity index is 1030. The zero-order valence-corrected chi connectivity index (χ0v) is 16.6. The number of anilines is 1. The molecule has 3 rings (SSSR count). The van der Waals surface area contributed by atoms with Crippen molar-refractivity contribution in [2.45, 2.75) is 39.2 Å². The molecule has 1 heterocycles. The smallest absolute Gasteiger partial charge is 0.261 e. The molecule has 6 nitrogen and oxygen atoms in total. The minimum atomic E-state index is -3.67. The van der Waals surface area contributed by atoms with E-state index in [1.54, 1.807) is 18.2 Å². The first-order chi connectivity index (χ1) is 12.8. The summed E-state index contributed by atoms with van der Waals surface area (Å²) in [6.07, 6.45) is 0. The van der Waals surface area contributed by atoms with E-state index >= 15 is 0 Å². The number of benzene rings is 2. The second-order valence-electron chi connectivity index (χ2n) is 6.42. The Labute approximate surface area is 159 Å². The highest BCUT2D eigenvalue weighted by Crippen LogP contribution is 2.24. The van der Waals surface area contributed by atoms with Crippen LogP contribution in [-0.2, 0) is 16.6 Å². The second kappa shape index (κ2) is 7.44. The van der Waals surface area contributed by atoms with Crippen LogP contribution in [0.25, 0.3) is 0 Å². The number of hydrogen-bond donors (Lipinski definition) is 1. The fraction of sp³-hybridized carbons (Fsp3) is 0.250. The van der Waals surface area contributed by atoms with Gasteiger partial charge in [-0.05, 0) is 69.2 Å². The van der Waals surface area contributed by atoms with E-state index in [1.807, 2.05) is 39.8 Å². The van der Waals surface area contributed by atoms with E-state index in [4.69, 9.17) is 9.26 Å². The van der Waals surface area contributed by atoms with Gasteiger partial charge in [-0.3, -0.25) is 4.72 Å². The van der Waals surface area contributed by atoms with Crippen molar-refractivity contribution in [3.63, 3.8) is 0 Å². The van der Waals surface area contributed by atoms with Gasteiger partial charge in [-0.2, -0.15) is 0 Å². The maximum atomic E-state index is 12.6. The van der Waals surface area contributed by atoms with Crippen LogP contribution in [-0.4, -0.2) is 13.6 Å². The van der Waals surface area contributed by atoms with Crippen molar-refractivity contribution in [2.24, 2.45) is 0 Å². The average molecular weight is 386 g/mol. The lowest BCUT2D eigenvalue weighted by Crippen LogP contribution is -2.14. The van der Waals surface area contributed by atoms with E-state index in [0.717, 1.165) is 22.4 Å². The zero-order valence-electron chi connectivity index (χ0n) is 15.7. The highest BCUT2D eigenvalue weighted by molar-refractivity contribution is 7.92. The van der Waals surface area contributed by atoms with Gasteiger partial charge in [0.25, 0.3) is 10.0 Å². The molecule has 0 aliphatic heterocycles. The molecule has 0 saturated heterocycles. The Morgan fingerprint density at radius 2 is 1.74 bits per heavy atom. The van der Waals surface area contributed by atoms with Crippen LogP contribution in [0.3, 0.4) is 0 Å². The standard InChI is InChI=1S/C20H22N2O4S/c1-13-6-5-7-20(14(13)2)22-27(23,24)18-10-8-17(9-11-18)25-12-19-15(3)21-26-16(19)4/h5-11,22H,12H2,1-4H3. The first-order valence-corrected chi connectivity index (χ1v) is 10.00. The molecule has 0 bridgehead atoms. The molecule has 2 aromatic carbocycles. The van der Waals surface area contributed by atoms with Gasteiger partial charge in [0.05, 0.1) is 21.8 Å². The lowest BCUT2D eigenvalue weighted by molar-refractivity contribution is 0.301. The van der Waals surface area contributed by atoms with Crippen LogP contribution in [0, 0.1) is 27.7 Å². The van der Waals surface area contributed by atoms with Crippen LogP contribution >= 0.6 is 0 Å². The summed E-state index contributed by atoms with van der Waals surface area (Å²) in [6, 6.07) is 11.8. The molecule has 3 aromatic rings. The van der Waals surface area contributed by atoms with Crippen molar-refractivity contribution in [1.29, 1.82) is 0 Å². The van der Waals surface area contributed by atoms with E-state index in [2.05, 4.69) is 9.88 Å². The predicted molar refractivity (Wildman–Crippen MR) is 103 cm³/mol. The summed E-state index contributed by atoms with van der Waals surface area (Å²) < 4.78 is 38.7. The highest BCUT2D eigenvalue weighted by atomic mass is 32.2. The van der Waals surface area contributed by atoms with Crippen molar-refractivity contribution in [2.75, 3.05) is 4.72 Å². The maximum Gasteiger partial charge on any atom is 0.261 e. The summed E-state index contributed by atoms with van der Waals surface area (Å²) in [5.41, 5.74) is 4.18. The Hall–Kier alpha value is -2.80. The van der Waals surface area contributed by atoms with E-state index in [0.29, 0.717) is 23.8 Å². The third-order valence-corrected chi connectivity index (χ3v) is 5.93. The van der Waals surface area contributed by atoms with Crippen LogP contribution in [0.1, 0.15) is 28.1 Å². The molecule has 1 N–H and O–H groups in total. The molecule has 142 valence electrons. The molecule has 0 unspecified atom stereocenters. The van der Waals surface area contributed by atoms with Crippen molar-refractivity contribution < 1.29 is 17.7 Å². The minimum absolute atomic E-state index is 0.174. The average Bonchev–Trinajstić information content (AvgIpc) is 2.95. The second-order valence-corrected chi connectivity index (χ2v) is 8.10. The van der Waals surface area contributed by atoms with Gasteiger partial charge in [0.2, 0.25) is 0 Å². The van der Waals surface area contributed by atoms with E-state index in [9.17, 15) is 8.42 Å². The van der Waals surface area contributed by atoms with Crippen LogP contribution in [0.2, 0.25) is 0 Å². The number of hydrogen-bond acceptors (Lipinski definition) is 5. The van der Waals surface area contributed by atoms with E-state index in [1.165, 1.54) is 12.1 Å². The van der Waals surface area contributed by atoms with Gasteiger partial charge in [0, 0.05) is 0 Å². The Morgan fingerprint density at radius 1 is 1.04 bits per heavy atom. The number of rotatable bonds is 6. The Balaban J connectivity index is 1.73. The Kier molecular flexibility index (Phi) is 5.23. The van der Waals surface area contributed by atoms with Crippen LogP contribution in [0.5, 0.6) is 5.75 Å². The third kappa shape index (κ3) is 4.14. The van der Waals surface area contributed by atoms with Crippen LogP contribution < -0.4 is 9.46 Å². The quantitative estimate of drug-likeness (QED) is 0.683.